The molecule has 0 saturated heterocycles. The van der Waals surface area contributed by atoms with Gasteiger partial charge in [-0.3, -0.25) is 5.10 Å². The summed E-state index contributed by atoms with van der Waals surface area (Å²) in [5, 5.41) is 7.17. The molecule has 0 aliphatic heterocycles. The second-order valence-corrected chi connectivity index (χ2v) is 7.38. The highest BCUT2D eigenvalue weighted by molar-refractivity contribution is 7.95. The van der Waals surface area contributed by atoms with E-state index in [1.807, 2.05) is 30.3 Å². The Morgan fingerprint density at radius 2 is 1.88 bits per heavy atom. The van der Waals surface area contributed by atoms with Crippen molar-refractivity contribution in [1.29, 1.82) is 0 Å². The lowest BCUT2D eigenvalue weighted by Gasteiger charge is -2.28. The van der Waals surface area contributed by atoms with Crippen molar-refractivity contribution in [2.75, 3.05) is 0 Å². The maximum atomic E-state index is 14.8. The minimum absolute atomic E-state index is 0.187. The fourth-order valence-electron chi connectivity index (χ4n) is 3.13. The van der Waals surface area contributed by atoms with Gasteiger partial charge in [-0.15, -0.1) is 0 Å². The first kappa shape index (κ1) is 17.5. The van der Waals surface area contributed by atoms with Crippen LogP contribution in [0.2, 0.25) is 0 Å². The SMILES string of the molecule is CC(C)NSNC1CCC(c2[nH]nc(-c3ccccc3)c2F)CC1. The summed E-state index contributed by atoms with van der Waals surface area (Å²) in [5.74, 6) is 0.0459. The predicted molar refractivity (Wildman–Crippen MR) is 98.0 cm³/mol. The van der Waals surface area contributed by atoms with Crippen LogP contribution < -0.4 is 9.44 Å². The zero-order valence-electron chi connectivity index (χ0n) is 14.2. The molecule has 3 N–H and O–H groups in total. The molecule has 1 saturated carbocycles. The smallest absolute Gasteiger partial charge is 0.172 e. The van der Waals surface area contributed by atoms with E-state index in [9.17, 15) is 4.39 Å². The number of hydrogen-bond acceptors (Lipinski definition) is 4. The molecule has 0 amide bonds. The molecule has 1 aliphatic carbocycles. The fourth-order valence-corrected chi connectivity index (χ4v) is 3.84. The minimum Gasteiger partial charge on any atom is -0.279 e. The quantitative estimate of drug-likeness (QED) is 0.678. The third kappa shape index (κ3) is 4.18. The van der Waals surface area contributed by atoms with Crippen LogP contribution in [-0.2, 0) is 0 Å². The molecule has 24 heavy (non-hydrogen) atoms. The van der Waals surface area contributed by atoms with Crippen molar-refractivity contribution in [2.24, 2.45) is 0 Å². The third-order valence-electron chi connectivity index (χ3n) is 4.44. The number of nitrogens with one attached hydrogen (secondary N) is 3. The van der Waals surface area contributed by atoms with Gasteiger partial charge in [-0.25, -0.2) is 13.8 Å². The Morgan fingerprint density at radius 1 is 1.17 bits per heavy atom. The van der Waals surface area contributed by atoms with E-state index in [1.54, 1.807) is 12.1 Å². The summed E-state index contributed by atoms with van der Waals surface area (Å²) in [6.45, 7) is 4.24. The Balaban J connectivity index is 1.58. The van der Waals surface area contributed by atoms with Gasteiger partial charge < -0.3 is 0 Å². The number of H-pyrrole nitrogens is 1. The van der Waals surface area contributed by atoms with Gasteiger partial charge in [0.1, 0.15) is 5.69 Å². The van der Waals surface area contributed by atoms with Crippen LogP contribution in [0.15, 0.2) is 30.3 Å². The van der Waals surface area contributed by atoms with Crippen LogP contribution in [0.1, 0.15) is 51.1 Å². The molecule has 2 aromatic rings. The maximum absolute atomic E-state index is 14.8. The van der Waals surface area contributed by atoms with Crippen LogP contribution in [0.25, 0.3) is 11.3 Å². The molecule has 0 bridgehead atoms. The second kappa shape index (κ2) is 8.14. The molecule has 1 aromatic carbocycles. The number of rotatable bonds is 6. The molecule has 0 unspecified atom stereocenters. The fraction of sp³-hybridized carbons (Fsp3) is 0.500. The van der Waals surface area contributed by atoms with Crippen LogP contribution in [0.5, 0.6) is 0 Å². The molecule has 1 aliphatic rings. The molecule has 0 atom stereocenters. The van der Waals surface area contributed by atoms with Gasteiger partial charge in [0.15, 0.2) is 5.82 Å². The number of nitrogens with zero attached hydrogens (tertiary/aromatic N) is 1. The zero-order valence-corrected chi connectivity index (χ0v) is 15.0. The summed E-state index contributed by atoms with van der Waals surface area (Å²) in [5.41, 5.74) is 1.92. The summed E-state index contributed by atoms with van der Waals surface area (Å²) in [4.78, 5) is 0. The average Bonchev–Trinajstić information content (AvgIpc) is 2.97. The summed E-state index contributed by atoms with van der Waals surface area (Å²) in [6, 6.07) is 10.5. The van der Waals surface area contributed by atoms with E-state index in [0.717, 1.165) is 31.2 Å². The van der Waals surface area contributed by atoms with E-state index in [2.05, 4.69) is 33.5 Å². The Bertz CT molecular complexity index is 636. The Labute approximate surface area is 147 Å². The zero-order chi connectivity index (χ0) is 16.9. The molecule has 130 valence electrons. The van der Waals surface area contributed by atoms with Crippen LogP contribution in [-0.4, -0.2) is 22.3 Å². The van der Waals surface area contributed by atoms with Gasteiger partial charge in [0.2, 0.25) is 0 Å². The first-order chi connectivity index (χ1) is 11.6. The number of aromatic amines is 1. The highest BCUT2D eigenvalue weighted by Crippen LogP contribution is 2.35. The minimum atomic E-state index is -0.187. The lowest BCUT2D eigenvalue weighted by atomic mass is 9.84. The van der Waals surface area contributed by atoms with Gasteiger partial charge in [0.05, 0.1) is 5.69 Å². The highest BCUT2D eigenvalue weighted by Gasteiger charge is 2.27. The van der Waals surface area contributed by atoms with E-state index in [4.69, 9.17) is 0 Å². The van der Waals surface area contributed by atoms with Crippen LogP contribution >= 0.6 is 12.1 Å². The topological polar surface area (TPSA) is 52.7 Å². The number of hydrogen-bond donors (Lipinski definition) is 3. The lowest BCUT2D eigenvalue weighted by Crippen LogP contribution is -2.32. The summed E-state index contributed by atoms with van der Waals surface area (Å²) in [6.07, 6.45) is 4.06. The van der Waals surface area contributed by atoms with E-state index in [0.29, 0.717) is 23.5 Å². The normalized spacial score (nSPS) is 21.3. The molecule has 1 fully saturated rings. The van der Waals surface area contributed by atoms with Crippen molar-refractivity contribution in [3.63, 3.8) is 0 Å². The van der Waals surface area contributed by atoms with Crippen molar-refractivity contribution in [2.45, 2.75) is 57.5 Å². The van der Waals surface area contributed by atoms with E-state index in [-0.39, 0.29) is 11.7 Å². The maximum Gasteiger partial charge on any atom is 0.172 e. The molecule has 6 heteroatoms. The lowest BCUT2D eigenvalue weighted by molar-refractivity contribution is 0.369. The van der Waals surface area contributed by atoms with Crippen LogP contribution in [0.4, 0.5) is 4.39 Å². The Hall–Kier alpha value is -1.37. The van der Waals surface area contributed by atoms with Crippen LogP contribution in [0.3, 0.4) is 0 Å². The van der Waals surface area contributed by atoms with Crippen molar-refractivity contribution < 1.29 is 4.39 Å². The summed E-state index contributed by atoms with van der Waals surface area (Å²) < 4.78 is 21.5. The number of benzene rings is 1. The third-order valence-corrected chi connectivity index (χ3v) is 5.48. The van der Waals surface area contributed by atoms with Gasteiger partial charge in [-0.1, -0.05) is 30.3 Å². The first-order valence-corrected chi connectivity index (χ1v) is 9.43. The van der Waals surface area contributed by atoms with Gasteiger partial charge in [0.25, 0.3) is 0 Å². The standard InChI is InChI=1S/C18H25FN4S/c1-12(2)22-24-23-15-10-8-14(9-11-15)18-16(19)17(20-21-18)13-6-4-3-5-7-13/h3-7,12,14-15,22-23H,8-11H2,1-2H3,(H,20,21). The average molecular weight is 348 g/mol. The molecule has 1 aromatic heterocycles. The highest BCUT2D eigenvalue weighted by atomic mass is 32.2. The largest absolute Gasteiger partial charge is 0.279 e. The molecule has 4 nitrogen and oxygen atoms in total. The summed E-state index contributed by atoms with van der Waals surface area (Å²) in [7, 11) is 0. The first-order valence-electron chi connectivity index (χ1n) is 8.61. The Kier molecular flexibility index (Phi) is 5.92. The molecule has 3 rings (SSSR count). The Morgan fingerprint density at radius 3 is 2.54 bits per heavy atom. The molecule has 0 radical (unpaired) electrons. The van der Waals surface area contributed by atoms with E-state index in [1.165, 1.54) is 0 Å². The van der Waals surface area contributed by atoms with Crippen molar-refractivity contribution in [3.05, 3.63) is 41.8 Å². The monoisotopic (exact) mass is 348 g/mol. The van der Waals surface area contributed by atoms with Gasteiger partial charge in [0, 0.05) is 35.7 Å². The van der Waals surface area contributed by atoms with Crippen molar-refractivity contribution in [3.8, 4) is 11.3 Å². The van der Waals surface area contributed by atoms with E-state index >= 15 is 0 Å². The molecular formula is C18H25FN4S. The number of aromatic nitrogens is 2. The van der Waals surface area contributed by atoms with Gasteiger partial charge in [-0.2, -0.15) is 5.10 Å². The van der Waals surface area contributed by atoms with Gasteiger partial charge >= 0.3 is 0 Å². The second-order valence-electron chi connectivity index (χ2n) is 6.71. The molecular weight excluding hydrogens is 323 g/mol. The van der Waals surface area contributed by atoms with Crippen LogP contribution in [0, 0.1) is 5.82 Å². The molecule has 1 heterocycles. The van der Waals surface area contributed by atoms with E-state index < -0.39 is 0 Å². The predicted octanol–water partition coefficient (Wildman–Crippen LogP) is 4.39. The van der Waals surface area contributed by atoms with Gasteiger partial charge in [-0.05, 0) is 39.5 Å². The van der Waals surface area contributed by atoms with Crippen molar-refractivity contribution >= 4 is 12.1 Å². The summed E-state index contributed by atoms with van der Waals surface area (Å²) >= 11 is 1.58. The number of halogens is 1. The van der Waals surface area contributed by atoms with Crippen molar-refractivity contribution in [1.82, 2.24) is 19.6 Å². The molecule has 0 spiro atoms.